The summed E-state index contributed by atoms with van der Waals surface area (Å²) in [5.74, 6) is -0.214. The van der Waals surface area contributed by atoms with Crippen LogP contribution in [0.4, 0.5) is 5.69 Å². The summed E-state index contributed by atoms with van der Waals surface area (Å²) >= 11 is 0. The van der Waals surface area contributed by atoms with Gasteiger partial charge in [0.05, 0.1) is 4.92 Å². The van der Waals surface area contributed by atoms with Crippen LogP contribution >= 0.6 is 0 Å². The average molecular weight is 327 g/mol. The molecule has 0 heterocycles. The number of rotatable bonds is 9. The average Bonchev–Trinajstić information content (AvgIpc) is 2.61. The first-order valence-corrected chi connectivity index (χ1v) is 7.94. The molecule has 2 rings (SSSR count). The van der Waals surface area contributed by atoms with Crippen molar-refractivity contribution in [3.8, 4) is 0 Å². The minimum atomic E-state index is -0.483. The van der Waals surface area contributed by atoms with Gasteiger partial charge in [0, 0.05) is 24.2 Å². The first kappa shape index (κ1) is 17.6. The van der Waals surface area contributed by atoms with Crippen LogP contribution in [-0.4, -0.2) is 30.5 Å². The van der Waals surface area contributed by atoms with E-state index in [4.69, 9.17) is 0 Å². The quantitative estimate of drug-likeness (QED) is 0.421. The molecule has 24 heavy (non-hydrogen) atoms. The molecule has 0 bridgehead atoms. The summed E-state index contributed by atoms with van der Waals surface area (Å²) in [5.41, 5.74) is 1.71. The molecule has 1 amide bonds. The van der Waals surface area contributed by atoms with Gasteiger partial charge in [-0.2, -0.15) is 0 Å². The summed E-state index contributed by atoms with van der Waals surface area (Å²) in [6.45, 7) is 2.29. The number of hydrogen-bond acceptors (Lipinski definition) is 4. The normalized spacial score (nSPS) is 10.3. The molecule has 0 aliphatic carbocycles. The molecule has 0 atom stereocenters. The molecule has 2 N–H and O–H groups in total. The predicted octanol–water partition coefficient (Wildman–Crippen LogP) is 2.55. The summed E-state index contributed by atoms with van der Waals surface area (Å²) in [6.07, 6.45) is 1.81. The third-order valence-corrected chi connectivity index (χ3v) is 3.59. The summed E-state index contributed by atoms with van der Waals surface area (Å²) in [4.78, 5) is 22.0. The topological polar surface area (TPSA) is 84.3 Å². The second kappa shape index (κ2) is 9.42. The maximum atomic E-state index is 11.9. The number of amides is 1. The molecule has 0 fully saturated rings. The van der Waals surface area contributed by atoms with Crippen LogP contribution in [0.25, 0.3) is 0 Å². The number of nitrogens with zero attached hydrogens (tertiary/aromatic N) is 1. The molecule has 0 saturated heterocycles. The molecule has 2 aromatic rings. The second-order valence-electron chi connectivity index (χ2n) is 5.40. The molecule has 6 heteroatoms. The molecule has 0 aliphatic heterocycles. The highest BCUT2D eigenvalue weighted by Gasteiger charge is 2.08. The van der Waals surface area contributed by atoms with Crippen LogP contribution in [0.1, 0.15) is 22.3 Å². The van der Waals surface area contributed by atoms with Crippen molar-refractivity contribution in [2.45, 2.75) is 12.8 Å². The van der Waals surface area contributed by atoms with Gasteiger partial charge in [0.25, 0.3) is 11.6 Å². The minimum Gasteiger partial charge on any atom is -0.352 e. The van der Waals surface area contributed by atoms with Gasteiger partial charge in [-0.15, -0.1) is 0 Å². The number of nitro groups is 1. The van der Waals surface area contributed by atoms with Crippen molar-refractivity contribution in [3.05, 3.63) is 75.8 Å². The predicted molar refractivity (Wildman–Crippen MR) is 93.1 cm³/mol. The van der Waals surface area contributed by atoms with E-state index in [1.807, 2.05) is 18.2 Å². The Balaban J connectivity index is 1.58. The van der Waals surface area contributed by atoms with E-state index in [1.54, 1.807) is 0 Å². The molecular weight excluding hydrogens is 306 g/mol. The van der Waals surface area contributed by atoms with Gasteiger partial charge in [-0.05, 0) is 43.6 Å². The van der Waals surface area contributed by atoms with Crippen molar-refractivity contribution in [2.24, 2.45) is 0 Å². The van der Waals surface area contributed by atoms with Crippen LogP contribution in [0, 0.1) is 10.1 Å². The first-order chi connectivity index (χ1) is 11.7. The summed E-state index contributed by atoms with van der Waals surface area (Å²) in [5, 5.41) is 16.7. The Kier molecular flexibility index (Phi) is 6.91. The van der Waals surface area contributed by atoms with Gasteiger partial charge in [-0.1, -0.05) is 30.3 Å². The number of nitrogens with one attached hydrogen (secondary N) is 2. The molecule has 0 spiro atoms. The molecule has 6 nitrogen and oxygen atoms in total. The summed E-state index contributed by atoms with van der Waals surface area (Å²) < 4.78 is 0. The van der Waals surface area contributed by atoms with Crippen molar-refractivity contribution in [2.75, 3.05) is 19.6 Å². The fourth-order valence-corrected chi connectivity index (χ4v) is 2.25. The van der Waals surface area contributed by atoms with Crippen LogP contribution in [0.5, 0.6) is 0 Å². The maximum Gasteiger partial charge on any atom is 0.269 e. The Hall–Kier alpha value is -2.73. The van der Waals surface area contributed by atoms with Gasteiger partial charge < -0.3 is 10.6 Å². The van der Waals surface area contributed by atoms with E-state index in [0.29, 0.717) is 12.1 Å². The molecule has 0 radical (unpaired) electrons. The van der Waals surface area contributed by atoms with E-state index < -0.39 is 4.92 Å². The lowest BCUT2D eigenvalue weighted by Crippen LogP contribution is -2.28. The molecule has 126 valence electrons. The van der Waals surface area contributed by atoms with Gasteiger partial charge in [0.15, 0.2) is 0 Å². The second-order valence-corrected chi connectivity index (χ2v) is 5.40. The van der Waals surface area contributed by atoms with Gasteiger partial charge in [-0.3, -0.25) is 14.9 Å². The van der Waals surface area contributed by atoms with E-state index in [9.17, 15) is 14.9 Å². The minimum absolute atomic E-state index is 0.0193. The zero-order valence-electron chi connectivity index (χ0n) is 13.4. The van der Waals surface area contributed by atoms with Crippen LogP contribution in [0.3, 0.4) is 0 Å². The maximum absolute atomic E-state index is 11.9. The van der Waals surface area contributed by atoms with Gasteiger partial charge in [-0.25, -0.2) is 0 Å². The van der Waals surface area contributed by atoms with E-state index in [-0.39, 0.29) is 11.6 Å². The van der Waals surface area contributed by atoms with E-state index in [0.717, 1.165) is 25.9 Å². The van der Waals surface area contributed by atoms with Crippen molar-refractivity contribution >= 4 is 11.6 Å². The van der Waals surface area contributed by atoms with Crippen LogP contribution < -0.4 is 10.6 Å². The van der Waals surface area contributed by atoms with Crippen LogP contribution in [0.2, 0.25) is 0 Å². The number of carbonyl (C=O) groups is 1. The molecule has 0 saturated carbocycles. The highest BCUT2D eigenvalue weighted by molar-refractivity contribution is 5.94. The van der Waals surface area contributed by atoms with E-state index in [1.165, 1.54) is 29.8 Å². The highest BCUT2D eigenvalue weighted by atomic mass is 16.6. The lowest BCUT2D eigenvalue weighted by Gasteiger charge is -2.07. The Morgan fingerprint density at radius 3 is 2.33 bits per heavy atom. The Morgan fingerprint density at radius 1 is 0.958 bits per heavy atom. The Labute approximate surface area is 141 Å². The standard InChI is InChI=1S/C18H21N3O3/c22-18(16-7-9-17(10-8-16)21(23)24)20-13-4-12-19-14-11-15-5-2-1-3-6-15/h1-3,5-10,19H,4,11-14H2,(H,20,22). The Morgan fingerprint density at radius 2 is 1.67 bits per heavy atom. The molecule has 0 aliphatic rings. The van der Waals surface area contributed by atoms with E-state index in [2.05, 4.69) is 22.8 Å². The fraction of sp³-hybridized carbons (Fsp3) is 0.278. The number of carbonyl (C=O) groups excluding carboxylic acids is 1. The Bertz CT molecular complexity index is 657. The van der Waals surface area contributed by atoms with Crippen molar-refractivity contribution in [1.29, 1.82) is 0 Å². The van der Waals surface area contributed by atoms with E-state index >= 15 is 0 Å². The van der Waals surface area contributed by atoms with Gasteiger partial charge in [0.2, 0.25) is 0 Å². The fourth-order valence-electron chi connectivity index (χ4n) is 2.25. The number of hydrogen-bond donors (Lipinski definition) is 2. The zero-order chi connectivity index (χ0) is 17.2. The SMILES string of the molecule is O=C(NCCCNCCc1ccccc1)c1ccc([N+](=O)[O-])cc1. The smallest absolute Gasteiger partial charge is 0.269 e. The zero-order valence-corrected chi connectivity index (χ0v) is 13.4. The third kappa shape index (κ3) is 5.81. The van der Waals surface area contributed by atoms with Crippen LogP contribution in [0.15, 0.2) is 54.6 Å². The highest BCUT2D eigenvalue weighted by Crippen LogP contribution is 2.11. The summed E-state index contributed by atoms with van der Waals surface area (Å²) in [7, 11) is 0. The summed E-state index contributed by atoms with van der Waals surface area (Å²) in [6, 6.07) is 15.9. The van der Waals surface area contributed by atoms with Gasteiger partial charge >= 0.3 is 0 Å². The number of benzene rings is 2. The lowest BCUT2D eigenvalue weighted by atomic mass is 10.1. The van der Waals surface area contributed by atoms with Crippen molar-refractivity contribution in [3.63, 3.8) is 0 Å². The number of nitro benzene ring substituents is 1. The third-order valence-electron chi connectivity index (χ3n) is 3.59. The van der Waals surface area contributed by atoms with Gasteiger partial charge in [0.1, 0.15) is 0 Å². The number of non-ortho nitro benzene ring substituents is 1. The monoisotopic (exact) mass is 327 g/mol. The van der Waals surface area contributed by atoms with Crippen molar-refractivity contribution < 1.29 is 9.72 Å². The van der Waals surface area contributed by atoms with Crippen molar-refractivity contribution in [1.82, 2.24) is 10.6 Å². The first-order valence-electron chi connectivity index (χ1n) is 7.94. The van der Waals surface area contributed by atoms with Crippen LogP contribution in [-0.2, 0) is 6.42 Å². The molecule has 0 unspecified atom stereocenters. The largest absolute Gasteiger partial charge is 0.352 e. The molecule has 2 aromatic carbocycles. The molecular formula is C18H21N3O3. The molecule has 0 aromatic heterocycles. The lowest BCUT2D eigenvalue weighted by molar-refractivity contribution is -0.384.